The Hall–Kier alpha value is -4.46. The Morgan fingerprint density at radius 2 is 1.58 bits per heavy atom. The molecule has 0 aromatic heterocycles. The van der Waals surface area contributed by atoms with Crippen molar-refractivity contribution in [1.29, 1.82) is 0 Å². The summed E-state index contributed by atoms with van der Waals surface area (Å²) in [4.78, 5) is 35.8. The molecule has 0 unspecified atom stereocenters. The molecular weight excluding hydrogens is 422 g/mol. The maximum absolute atomic E-state index is 12.1. The van der Waals surface area contributed by atoms with Crippen molar-refractivity contribution in [3.63, 3.8) is 0 Å². The molecule has 3 rings (SSSR count). The van der Waals surface area contributed by atoms with Crippen LogP contribution in [-0.2, 0) is 20.9 Å². The quantitative estimate of drug-likeness (QED) is 0.239. The lowest BCUT2D eigenvalue weighted by atomic mass is 10.2. The summed E-state index contributed by atoms with van der Waals surface area (Å²) in [5, 5.41) is 6.29. The highest BCUT2D eigenvalue weighted by Crippen LogP contribution is 2.17. The van der Waals surface area contributed by atoms with E-state index < -0.39 is 17.8 Å². The van der Waals surface area contributed by atoms with E-state index in [4.69, 9.17) is 9.47 Å². The molecule has 3 aromatic rings. The van der Waals surface area contributed by atoms with Gasteiger partial charge in [-0.25, -0.2) is 10.2 Å². The summed E-state index contributed by atoms with van der Waals surface area (Å²) in [6.07, 6.45) is 1.40. The number of esters is 1. The van der Waals surface area contributed by atoms with Crippen LogP contribution in [0.25, 0.3) is 0 Å². The predicted molar refractivity (Wildman–Crippen MR) is 124 cm³/mol. The van der Waals surface area contributed by atoms with Gasteiger partial charge in [-0.05, 0) is 48.9 Å². The summed E-state index contributed by atoms with van der Waals surface area (Å²) in [6.45, 7) is 2.36. The fourth-order valence-electron chi connectivity index (χ4n) is 2.76. The fourth-order valence-corrected chi connectivity index (χ4v) is 2.76. The standard InChI is InChI=1S/C25H23N3O5/c1-2-32-25(31)19-12-14-21(15-13-19)27-23(29)24(30)28-26-16-20-10-6-7-11-22(20)33-17-18-8-4-3-5-9-18/h3-16H,2,17H2,1H3,(H,27,29)(H,28,30). The zero-order chi connectivity index (χ0) is 23.5. The van der Waals surface area contributed by atoms with E-state index in [0.717, 1.165) is 5.56 Å². The van der Waals surface area contributed by atoms with Crippen molar-refractivity contribution in [2.75, 3.05) is 11.9 Å². The molecule has 0 saturated carbocycles. The van der Waals surface area contributed by atoms with Crippen molar-refractivity contribution in [3.05, 3.63) is 95.6 Å². The van der Waals surface area contributed by atoms with Crippen molar-refractivity contribution in [1.82, 2.24) is 5.43 Å². The summed E-state index contributed by atoms with van der Waals surface area (Å²) in [6, 6.07) is 22.9. The van der Waals surface area contributed by atoms with Crippen LogP contribution in [0.1, 0.15) is 28.4 Å². The third-order valence-electron chi connectivity index (χ3n) is 4.39. The second kappa shape index (κ2) is 11.8. The van der Waals surface area contributed by atoms with Gasteiger partial charge in [0.15, 0.2) is 0 Å². The van der Waals surface area contributed by atoms with Crippen LogP contribution in [0, 0.1) is 0 Å². The number of rotatable bonds is 8. The fraction of sp³-hybridized carbons (Fsp3) is 0.120. The maximum atomic E-state index is 12.1. The maximum Gasteiger partial charge on any atom is 0.338 e. The molecular formula is C25H23N3O5. The molecule has 0 heterocycles. The predicted octanol–water partition coefficient (Wildman–Crippen LogP) is 3.53. The number of carbonyl (C=O) groups excluding carboxylic acids is 3. The third-order valence-corrected chi connectivity index (χ3v) is 4.39. The SMILES string of the molecule is CCOC(=O)c1ccc(NC(=O)C(=O)NN=Cc2ccccc2OCc2ccccc2)cc1. The van der Waals surface area contributed by atoms with Crippen molar-refractivity contribution in [2.45, 2.75) is 13.5 Å². The zero-order valence-electron chi connectivity index (χ0n) is 18.0. The molecule has 2 amide bonds. The number of hydrogen-bond donors (Lipinski definition) is 2. The van der Waals surface area contributed by atoms with Gasteiger partial charge in [0.05, 0.1) is 18.4 Å². The molecule has 0 radical (unpaired) electrons. The lowest BCUT2D eigenvalue weighted by molar-refractivity contribution is -0.136. The first-order valence-electron chi connectivity index (χ1n) is 10.2. The van der Waals surface area contributed by atoms with Crippen LogP contribution in [0.4, 0.5) is 5.69 Å². The number of nitrogens with one attached hydrogen (secondary N) is 2. The smallest absolute Gasteiger partial charge is 0.338 e. The van der Waals surface area contributed by atoms with Gasteiger partial charge in [-0.3, -0.25) is 9.59 Å². The van der Waals surface area contributed by atoms with Gasteiger partial charge in [0.25, 0.3) is 0 Å². The minimum absolute atomic E-state index is 0.266. The van der Waals surface area contributed by atoms with Crippen LogP contribution < -0.4 is 15.5 Å². The molecule has 0 bridgehead atoms. The number of carbonyl (C=O) groups is 3. The van der Waals surface area contributed by atoms with E-state index in [-0.39, 0.29) is 6.61 Å². The Balaban J connectivity index is 1.53. The molecule has 0 spiro atoms. The largest absolute Gasteiger partial charge is 0.488 e. The number of hydrogen-bond acceptors (Lipinski definition) is 6. The molecule has 3 aromatic carbocycles. The van der Waals surface area contributed by atoms with Gasteiger partial charge in [-0.1, -0.05) is 42.5 Å². The second-order valence-corrected chi connectivity index (χ2v) is 6.76. The average molecular weight is 445 g/mol. The molecule has 8 heteroatoms. The lowest BCUT2D eigenvalue weighted by Gasteiger charge is -2.09. The highest BCUT2D eigenvalue weighted by Gasteiger charge is 2.14. The monoisotopic (exact) mass is 445 g/mol. The van der Waals surface area contributed by atoms with E-state index in [1.807, 2.05) is 42.5 Å². The number of benzene rings is 3. The number of nitrogens with zero attached hydrogens (tertiary/aromatic N) is 1. The number of hydrazone groups is 1. The van der Waals surface area contributed by atoms with Gasteiger partial charge >= 0.3 is 17.8 Å². The molecule has 0 aliphatic carbocycles. The van der Waals surface area contributed by atoms with E-state index in [1.165, 1.54) is 30.5 Å². The number of para-hydroxylation sites is 1. The van der Waals surface area contributed by atoms with Crippen molar-refractivity contribution >= 4 is 29.7 Å². The molecule has 0 fully saturated rings. The minimum Gasteiger partial charge on any atom is -0.488 e. The molecule has 0 aliphatic rings. The van der Waals surface area contributed by atoms with Gasteiger partial charge in [-0.15, -0.1) is 0 Å². The van der Waals surface area contributed by atoms with Crippen LogP contribution in [0.3, 0.4) is 0 Å². The Labute approximate surface area is 191 Å². The van der Waals surface area contributed by atoms with Crippen molar-refractivity contribution < 1.29 is 23.9 Å². The van der Waals surface area contributed by atoms with Crippen LogP contribution in [0.2, 0.25) is 0 Å². The number of ether oxygens (including phenoxy) is 2. The lowest BCUT2D eigenvalue weighted by Crippen LogP contribution is -2.32. The molecule has 33 heavy (non-hydrogen) atoms. The van der Waals surface area contributed by atoms with Gasteiger partial charge < -0.3 is 14.8 Å². The molecule has 0 aliphatic heterocycles. The molecule has 0 atom stereocenters. The highest BCUT2D eigenvalue weighted by molar-refractivity contribution is 6.39. The topological polar surface area (TPSA) is 106 Å². The van der Waals surface area contributed by atoms with Crippen LogP contribution in [0.15, 0.2) is 84.0 Å². The van der Waals surface area contributed by atoms with Gasteiger partial charge in [0, 0.05) is 11.3 Å². The average Bonchev–Trinajstić information content (AvgIpc) is 2.84. The second-order valence-electron chi connectivity index (χ2n) is 6.76. The van der Waals surface area contributed by atoms with E-state index in [2.05, 4.69) is 15.8 Å². The normalized spacial score (nSPS) is 10.5. The Morgan fingerprint density at radius 3 is 2.30 bits per heavy atom. The molecule has 2 N–H and O–H groups in total. The van der Waals surface area contributed by atoms with Crippen LogP contribution in [0.5, 0.6) is 5.75 Å². The van der Waals surface area contributed by atoms with E-state index in [9.17, 15) is 14.4 Å². The molecule has 168 valence electrons. The van der Waals surface area contributed by atoms with Crippen molar-refractivity contribution in [2.24, 2.45) is 5.10 Å². The van der Waals surface area contributed by atoms with Gasteiger partial charge in [-0.2, -0.15) is 5.10 Å². The first-order valence-corrected chi connectivity index (χ1v) is 10.2. The summed E-state index contributed by atoms with van der Waals surface area (Å²) in [5.74, 6) is -1.71. The third kappa shape index (κ3) is 7.03. The Kier molecular flexibility index (Phi) is 8.30. The van der Waals surface area contributed by atoms with E-state index in [0.29, 0.717) is 29.2 Å². The first kappa shape index (κ1) is 23.2. The summed E-state index contributed by atoms with van der Waals surface area (Å²) in [7, 11) is 0. The summed E-state index contributed by atoms with van der Waals surface area (Å²) in [5.41, 5.74) is 4.55. The molecule has 8 nitrogen and oxygen atoms in total. The first-order chi connectivity index (χ1) is 16.1. The van der Waals surface area contributed by atoms with Gasteiger partial charge in [0.2, 0.25) is 0 Å². The Morgan fingerprint density at radius 1 is 0.879 bits per heavy atom. The van der Waals surface area contributed by atoms with Crippen molar-refractivity contribution in [3.8, 4) is 5.75 Å². The summed E-state index contributed by atoms with van der Waals surface area (Å²) < 4.78 is 10.7. The molecule has 0 saturated heterocycles. The van der Waals surface area contributed by atoms with E-state index in [1.54, 1.807) is 19.1 Å². The summed E-state index contributed by atoms with van der Waals surface area (Å²) >= 11 is 0. The van der Waals surface area contributed by atoms with E-state index >= 15 is 0 Å². The Bertz CT molecular complexity index is 1130. The number of anilines is 1. The van der Waals surface area contributed by atoms with Gasteiger partial charge in [0.1, 0.15) is 12.4 Å². The zero-order valence-corrected chi connectivity index (χ0v) is 18.0. The number of amides is 2. The minimum atomic E-state index is -0.941. The van der Waals surface area contributed by atoms with Crippen LogP contribution >= 0.6 is 0 Å². The highest BCUT2D eigenvalue weighted by atomic mass is 16.5. The van der Waals surface area contributed by atoms with Crippen LogP contribution in [-0.4, -0.2) is 30.6 Å².